The van der Waals surface area contributed by atoms with E-state index in [2.05, 4.69) is 29.4 Å². The number of morpholine rings is 1. The molecule has 0 saturated carbocycles. The van der Waals surface area contributed by atoms with Crippen LogP contribution in [0.3, 0.4) is 0 Å². The molecule has 1 unspecified atom stereocenters. The molecule has 0 bridgehead atoms. The van der Waals surface area contributed by atoms with Crippen molar-refractivity contribution in [3.05, 3.63) is 35.4 Å². The fraction of sp³-hybridized carbons (Fsp3) is 0.600. The number of hydrogen-bond acceptors (Lipinski definition) is 4. The Morgan fingerprint density at radius 3 is 2.50 bits per heavy atom. The molecule has 1 fully saturated rings. The number of hydrogen-bond donors (Lipinski definition) is 2. The second-order valence-electron chi connectivity index (χ2n) is 7.23. The highest BCUT2D eigenvalue weighted by molar-refractivity contribution is 5.97. The summed E-state index contributed by atoms with van der Waals surface area (Å²) in [6.07, 6.45) is 1.02. The third-order valence-electron chi connectivity index (χ3n) is 4.64. The van der Waals surface area contributed by atoms with Crippen LogP contribution in [0.2, 0.25) is 0 Å². The van der Waals surface area contributed by atoms with E-state index in [0.29, 0.717) is 24.1 Å². The van der Waals surface area contributed by atoms with Gasteiger partial charge in [0.1, 0.15) is 0 Å². The number of rotatable bonds is 8. The maximum Gasteiger partial charge on any atom is 0.251 e. The van der Waals surface area contributed by atoms with Crippen LogP contribution in [0.15, 0.2) is 24.3 Å². The average molecular weight is 361 g/mol. The maximum atomic E-state index is 12.2. The zero-order valence-electron chi connectivity index (χ0n) is 16.1. The van der Waals surface area contributed by atoms with Gasteiger partial charge >= 0.3 is 0 Å². The summed E-state index contributed by atoms with van der Waals surface area (Å²) < 4.78 is 5.42. The SMILES string of the molecule is Cc1ccccc1C(=O)NCC(=O)NCC(CC(C)C)N1CCOCC1. The molecule has 0 aromatic heterocycles. The summed E-state index contributed by atoms with van der Waals surface area (Å²) in [5.74, 6) is 0.180. The summed E-state index contributed by atoms with van der Waals surface area (Å²) in [7, 11) is 0. The number of nitrogens with one attached hydrogen (secondary N) is 2. The van der Waals surface area contributed by atoms with Crippen LogP contribution in [0.4, 0.5) is 0 Å². The van der Waals surface area contributed by atoms with Crippen molar-refractivity contribution in [2.24, 2.45) is 5.92 Å². The molecule has 1 aromatic carbocycles. The number of benzene rings is 1. The molecule has 1 aliphatic heterocycles. The van der Waals surface area contributed by atoms with E-state index in [4.69, 9.17) is 4.74 Å². The fourth-order valence-corrected chi connectivity index (χ4v) is 3.23. The number of amides is 2. The van der Waals surface area contributed by atoms with Gasteiger partial charge in [-0.1, -0.05) is 32.0 Å². The van der Waals surface area contributed by atoms with Crippen LogP contribution < -0.4 is 10.6 Å². The number of nitrogens with zero attached hydrogens (tertiary/aromatic N) is 1. The number of carbonyl (C=O) groups excluding carboxylic acids is 2. The van der Waals surface area contributed by atoms with Crippen molar-refractivity contribution in [3.8, 4) is 0 Å². The Morgan fingerprint density at radius 1 is 1.15 bits per heavy atom. The normalized spacial score (nSPS) is 16.3. The predicted octanol–water partition coefficient (Wildman–Crippen LogP) is 1.59. The van der Waals surface area contributed by atoms with Gasteiger partial charge in [-0.3, -0.25) is 14.5 Å². The summed E-state index contributed by atoms with van der Waals surface area (Å²) in [5.41, 5.74) is 1.50. The molecule has 144 valence electrons. The lowest BCUT2D eigenvalue weighted by Gasteiger charge is -2.35. The van der Waals surface area contributed by atoms with E-state index >= 15 is 0 Å². The lowest BCUT2D eigenvalue weighted by atomic mass is 10.0. The zero-order valence-corrected chi connectivity index (χ0v) is 16.1. The zero-order chi connectivity index (χ0) is 18.9. The van der Waals surface area contributed by atoms with Crippen molar-refractivity contribution < 1.29 is 14.3 Å². The molecular weight excluding hydrogens is 330 g/mol. The van der Waals surface area contributed by atoms with Gasteiger partial charge in [0.05, 0.1) is 19.8 Å². The van der Waals surface area contributed by atoms with Gasteiger partial charge in [0.15, 0.2) is 0 Å². The van der Waals surface area contributed by atoms with Crippen molar-refractivity contribution in [3.63, 3.8) is 0 Å². The van der Waals surface area contributed by atoms with Crippen LogP contribution >= 0.6 is 0 Å². The van der Waals surface area contributed by atoms with Gasteiger partial charge in [-0.15, -0.1) is 0 Å². The van der Waals surface area contributed by atoms with Crippen LogP contribution in [0, 0.1) is 12.8 Å². The topological polar surface area (TPSA) is 70.7 Å². The van der Waals surface area contributed by atoms with Gasteiger partial charge in [0, 0.05) is 31.2 Å². The third kappa shape index (κ3) is 6.42. The minimum absolute atomic E-state index is 0.00925. The molecular formula is C20H31N3O3. The van der Waals surface area contributed by atoms with E-state index in [0.717, 1.165) is 38.3 Å². The number of ether oxygens (including phenoxy) is 1. The van der Waals surface area contributed by atoms with Crippen LogP contribution in [0.1, 0.15) is 36.2 Å². The Morgan fingerprint density at radius 2 is 1.85 bits per heavy atom. The minimum Gasteiger partial charge on any atom is -0.379 e. The highest BCUT2D eigenvalue weighted by Gasteiger charge is 2.22. The van der Waals surface area contributed by atoms with E-state index in [1.54, 1.807) is 6.07 Å². The molecule has 1 atom stereocenters. The standard InChI is InChI=1S/C20H31N3O3/c1-15(2)12-17(23-8-10-26-11-9-23)13-21-19(24)14-22-20(25)18-7-5-4-6-16(18)3/h4-7,15,17H,8-14H2,1-3H3,(H,21,24)(H,22,25). The molecule has 0 spiro atoms. The predicted molar refractivity (Wildman–Crippen MR) is 102 cm³/mol. The third-order valence-corrected chi connectivity index (χ3v) is 4.64. The molecule has 1 heterocycles. The van der Waals surface area contributed by atoms with Gasteiger partial charge in [-0.2, -0.15) is 0 Å². The summed E-state index contributed by atoms with van der Waals surface area (Å²) in [6, 6.07) is 7.66. The maximum absolute atomic E-state index is 12.2. The Balaban J connectivity index is 1.80. The molecule has 2 rings (SSSR count). The quantitative estimate of drug-likeness (QED) is 0.738. The van der Waals surface area contributed by atoms with Crippen molar-refractivity contribution in [1.29, 1.82) is 0 Å². The molecule has 6 nitrogen and oxygen atoms in total. The Labute approximate surface area is 156 Å². The second-order valence-corrected chi connectivity index (χ2v) is 7.23. The first-order valence-corrected chi connectivity index (χ1v) is 9.39. The largest absolute Gasteiger partial charge is 0.379 e. The van der Waals surface area contributed by atoms with Crippen molar-refractivity contribution in [2.45, 2.75) is 33.2 Å². The van der Waals surface area contributed by atoms with Crippen molar-refractivity contribution >= 4 is 11.8 Å². The smallest absolute Gasteiger partial charge is 0.251 e. The molecule has 2 amide bonds. The molecule has 1 aromatic rings. The summed E-state index contributed by atoms with van der Waals surface area (Å²) in [5, 5.41) is 5.67. The fourth-order valence-electron chi connectivity index (χ4n) is 3.23. The lowest BCUT2D eigenvalue weighted by Crippen LogP contribution is -2.50. The highest BCUT2D eigenvalue weighted by atomic mass is 16.5. The monoisotopic (exact) mass is 361 g/mol. The lowest BCUT2D eigenvalue weighted by molar-refractivity contribution is -0.120. The van der Waals surface area contributed by atoms with Crippen LogP contribution in [-0.2, 0) is 9.53 Å². The average Bonchev–Trinajstić information content (AvgIpc) is 2.64. The van der Waals surface area contributed by atoms with Crippen molar-refractivity contribution in [1.82, 2.24) is 15.5 Å². The summed E-state index contributed by atoms with van der Waals surface area (Å²) in [6.45, 7) is 10.1. The van der Waals surface area contributed by atoms with E-state index in [-0.39, 0.29) is 18.4 Å². The second kappa shape index (κ2) is 10.3. The van der Waals surface area contributed by atoms with Crippen LogP contribution in [0.5, 0.6) is 0 Å². The van der Waals surface area contributed by atoms with Gasteiger partial charge in [0.25, 0.3) is 5.91 Å². The van der Waals surface area contributed by atoms with Gasteiger partial charge in [-0.25, -0.2) is 0 Å². The Kier molecular flexibility index (Phi) is 8.06. The first-order chi connectivity index (χ1) is 12.5. The molecule has 0 radical (unpaired) electrons. The summed E-state index contributed by atoms with van der Waals surface area (Å²) >= 11 is 0. The molecule has 1 saturated heterocycles. The minimum atomic E-state index is -0.217. The van der Waals surface area contributed by atoms with E-state index in [9.17, 15) is 9.59 Å². The van der Waals surface area contributed by atoms with E-state index in [1.165, 1.54) is 0 Å². The van der Waals surface area contributed by atoms with Gasteiger partial charge < -0.3 is 15.4 Å². The van der Waals surface area contributed by atoms with Crippen LogP contribution in [-0.4, -0.2) is 62.1 Å². The Bertz CT molecular complexity index is 598. The van der Waals surface area contributed by atoms with E-state index < -0.39 is 0 Å². The molecule has 26 heavy (non-hydrogen) atoms. The number of aryl methyl sites for hydroxylation is 1. The van der Waals surface area contributed by atoms with Gasteiger partial charge in [0.2, 0.25) is 5.91 Å². The van der Waals surface area contributed by atoms with Crippen LogP contribution in [0.25, 0.3) is 0 Å². The van der Waals surface area contributed by atoms with Crippen molar-refractivity contribution in [2.75, 3.05) is 39.4 Å². The summed E-state index contributed by atoms with van der Waals surface area (Å²) in [4.78, 5) is 26.7. The van der Waals surface area contributed by atoms with Gasteiger partial charge in [-0.05, 0) is 30.9 Å². The molecule has 0 aliphatic carbocycles. The van der Waals surface area contributed by atoms with E-state index in [1.807, 2.05) is 25.1 Å². The first kappa shape index (κ1) is 20.4. The Hall–Kier alpha value is -1.92. The molecule has 1 aliphatic rings. The first-order valence-electron chi connectivity index (χ1n) is 9.39. The molecule has 2 N–H and O–H groups in total. The molecule has 6 heteroatoms. The highest BCUT2D eigenvalue weighted by Crippen LogP contribution is 2.13. The number of carbonyl (C=O) groups is 2.